The summed E-state index contributed by atoms with van der Waals surface area (Å²) in [4.78, 5) is 5.04. The highest BCUT2D eigenvalue weighted by Crippen LogP contribution is 2.31. The first kappa shape index (κ1) is 16.7. The molecular weight excluding hydrogens is 338 g/mol. The van der Waals surface area contributed by atoms with Gasteiger partial charge in [-0.2, -0.15) is 0 Å². The predicted octanol–water partition coefficient (Wildman–Crippen LogP) is 7.34. The second-order valence-corrected chi connectivity index (χ2v) is 7.51. The molecule has 5 rings (SSSR count). The van der Waals surface area contributed by atoms with Crippen LogP contribution in [0.15, 0.2) is 91.0 Å². The molecule has 0 amide bonds. The van der Waals surface area contributed by atoms with E-state index in [1.807, 2.05) is 6.07 Å². The van der Waals surface area contributed by atoms with Gasteiger partial charge in [0.1, 0.15) is 0 Å². The van der Waals surface area contributed by atoms with Crippen LogP contribution in [0, 0.1) is 13.8 Å². The van der Waals surface area contributed by atoms with Gasteiger partial charge in [-0.1, -0.05) is 90.0 Å². The smallest absolute Gasteiger partial charge is 0.0788 e. The molecule has 1 heteroatoms. The van der Waals surface area contributed by atoms with Crippen molar-refractivity contribution in [2.45, 2.75) is 13.8 Å². The Morgan fingerprint density at radius 2 is 1.21 bits per heavy atom. The molecule has 0 saturated heterocycles. The van der Waals surface area contributed by atoms with E-state index in [1.165, 1.54) is 38.4 Å². The molecule has 0 bridgehead atoms. The molecule has 0 N–H and O–H groups in total. The van der Waals surface area contributed by atoms with Crippen molar-refractivity contribution >= 4 is 21.7 Å². The SMILES string of the molecule is Cc1cc(C)cc(-c2ccc3ccc4ccc(-c5ccccc5)nc4c3c2)c1. The van der Waals surface area contributed by atoms with Gasteiger partial charge in [-0.15, -0.1) is 0 Å². The third kappa shape index (κ3) is 2.95. The van der Waals surface area contributed by atoms with Gasteiger partial charge >= 0.3 is 0 Å². The van der Waals surface area contributed by atoms with Crippen LogP contribution >= 0.6 is 0 Å². The first-order chi connectivity index (χ1) is 13.7. The minimum absolute atomic E-state index is 1.01. The van der Waals surface area contributed by atoms with Gasteiger partial charge in [-0.3, -0.25) is 0 Å². The number of nitrogens with zero attached hydrogens (tertiary/aromatic N) is 1. The molecule has 5 aromatic rings. The molecule has 0 fully saturated rings. The molecule has 0 atom stereocenters. The van der Waals surface area contributed by atoms with Crippen molar-refractivity contribution in [1.82, 2.24) is 4.98 Å². The Labute approximate surface area is 165 Å². The van der Waals surface area contributed by atoms with E-state index in [9.17, 15) is 0 Å². The fraction of sp³-hybridized carbons (Fsp3) is 0.0741. The van der Waals surface area contributed by atoms with E-state index in [0.29, 0.717) is 0 Å². The third-order valence-corrected chi connectivity index (χ3v) is 5.30. The molecule has 28 heavy (non-hydrogen) atoms. The maximum atomic E-state index is 5.04. The van der Waals surface area contributed by atoms with Crippen LogP contribution in [-0.2, 0) is 0 Å². The number of benzene rings is 4. The minimum atomic E-state index is 1.01. The van der Waals surface area contributed by atoms with Crippen molar-refractivity contribution < 1.29 is 0 Å². The Morgan fingerprint density at radius 1 is 0.536 bits per heavy atom. The van der Waals surface area contributed by atoms with E-state index in [1.54, 1.807) is 0 Å². The molecule has 1 aromatic heterocycles. The first-order valence-electron chi connectivity index (χ1n) is 9.65. The number of aryl methyl sites for hydroxylation is 2. The van der Waals surface area contributed by atoms with Crippen LogP contribution in [-0.4, -0.2) is 4.98 Å². The molecule has 0 radical (unpaired) electrons. The van der Waals surface area contributed by atoms with Gasteiger partial charge in [0, 0.05) is 16.3 Å². The number of fused-ring (bicyclic) bond motifs is 3. The van der Waals surface area contributed by atoms with E-state index in [2.05, 4.69) is 98.8 Å². The average molecular weight is 359 g/mol. The predicted molar refractivity (Wildman–Crippen MR) is 120 cm³/mol. The van der Waals surface area contributed by atoms with Gasteiger partial charge in [-0.25, -0.2) is 4.98 Å². The second kappa shape index (κ2) is 6.61. The molecule has 1 heterocycles. The van der Waals surface area contributed by atoms with Crippen LogP contribution < -0.4 is 0 Å². The average Bonchev–Trinajstić information content (AvgIpc) is 2.73. The van der Waals surface area contributed by atoms with Crippen molar-refractivity contribution in [3.63, 3.8) is 0 Å². The zero-order chi connectivity index (χ0) is 19.1. The molecule has 4 aromatic carbocycles. The van der Waals surface area contributed by atoms with E-state index in [0.717, 1.165) is 16.8 Å². The maximum Gasteiger partial charge on any atom is 0.0788 e. The minimum Gasteiger partial charge on any atom is -0.247 e. The van der Waals surface area contributed by atoms with Crippen LogP contribution in [0.4, 0.5) is 0 Å². The van der Waals surface area contributed by atoms with Gasteiger partial charge in [0.15, 0.2) is 0 Å². The summed E-state index contributed by atoms with van der Waals surface area (Å²) in [5.74, 6) is 0. The van der Waals surface area contributed by atoms with Crippen molar-refractivity contribution in [2.75, 3.05) is 0 Å². The fourth-order valence-electron chi connectivity index (χ4n) is 4.00. The highest BCUT2D eigenvalue weighted by atomic mass is 14.7. The monoisotopic (exact) mass is 359 g/mol. The summed E-state index contributed by atoms with van der Waals surface area (Å²) in [5.41, 5.74) is 8.29. The van der Waals surface area contributed by atoms with Gasteiger partial charge in [0.05, 0.1) is 11.2 Å². The van der Waals surface area contributed by atoms with E-state index in [4.69, 9.17) is 4.98 Å². The van der Waals surface area contributed by atoms with Crippen molar-refractivity contribution in [1.29, 1.82) is 0 Å². The lowest BCUT2D eigenvalue weighted by Gasteiger charge is -2.10. The topological polar surface area (TPSA) is 12.9 Å². The highest BCUT2D eigenvalue weighted by Gasteiger charge is 2.08. The number of aromatic nitrogens is 1. The van der Waals surface area contributed by atoms with Gasteiger partial charge < -0.3 is 0 Å². The lowest BCUT2D eigenvalue weighted by Crippen LogP contribution is -1.88. The maximum absolute atomic E-state index is 5.04. The third-order valence-electron chi connectivity index (χ3n) is 5.30. The summed E-state index contributed by atoms with van der Waals surface area (Å²) in [6, 6.07) is 32.4. The molecule has 0 aliphatic heterocycles. The van der Waals surface area contributed by atoms with Gasteiger partial charge in [0.25, 0.3) is 0 Å². The Kier molecular flexibility index (Phi) is 3.95. The number of hydrogen-bond donors (Lipinski definition) is 0. The molecule has 0 aliphatic rings. The summed E-state index contributed by atoms with van der Waals surface area (Å²) in [5, 5.41) is 3.59. The zero-order valence-electron chi connectivity index (χ0n) is 16.1. The quantitative estimate of drug-likeness (QED) is 0.300. The lowest BCUT2D eigenvalue weighted by atomic mass is 9.97. The van der Waals surface area contributed by atoms with Gasteiger partial charge in [-0.05, 0) is 42.5 Å². The summed E-state index contributed by atoms with van der Waals surface area (Å²) >= 11 is 0. The summed E-state index contributed by atoms with van der Waals surface area (Å²) in [6.45, 7) is 4.31. The first-order valence-corrected chi connectivity index (χ1v) is 9.65. The van der Waals surface area contributed by atoms with Crippen LogP contribution in [0.3, 0.4) is 0 Å². The van der Waals surface area contributed by atoms with Crippen LogP contribution in [0.2, 0.25) is 0 Å². The molecule has 0 aliphatic carbocycles. The Balaban J connectivity index is 1.75. The Hall–Kier alpha value is -3.45. The molecular formula is C27H21N. The van der Waals surface area contributed by atoms with Crippen molar-refractivity contribution in [2.24, 2.45) is 0 Å². The standard InChI is InChI=1S/C27H21N/c1-18-14-19(2)16-24(15-18)23-11-9-20-8-10-22-12-13-26(21-6-4-3-5-7-21)28-27(22)25(20)17-23/h3-17H,1-2H3. The second-order valence-electron chi connectivity index (χ2n) is 7.51. The Bertz CT molecular complexity index is 1300. The van der Waals surface area contributed by atoms with E-state index >= 15 is 0 Å². The highest BCUT2D eigenvalue weighted by molar-refractivity contribution is 6.07. The van der Waals surface area contributed by atoms with Crippen LogP contribution in [0.5, 0.6) is 0 Å². The van der Waals surface area contributed by atoms with Crippen LogP contribution in [0.1, 0.15) is 11.1 Å². The van der Waals surface area contributed by atoms with Gasteiger partial charge in [0.2, 0.25) is 0 Å². The van der Waals surface area contributed by atoms with Crippen molar-refractivity contribution in [3.8, 4) is 22.4 Å². The summed E-state index contributed by atoms with van der Waals surface area (Å²) in [7, 11) is 0. The van der Waals surface area contributed by atoms with E-state index in [-0.39, 0.29) is 0 Å². The molecule has 0 spiro atoms. The molecule has 134 valence electrons. The van der Waals surface area contributed by atoms with E-state index < -0.39 is 0 Å². The summed E-state index contributed by atoms with van der Waals surface area (Å²) < 4.78 is 0. The van der Waals surface area contributed by atoms with Crippen molar-refractivity contribution in [3.05, 3.63) is 102 Å². The molecule has 1 nitrogen and oxygen atoms in total. The van der Waals surface area contributed by atoms with Crippen LogP contribution in [0.25, 0.3) is 44.1 Å². The zero-order valence-corrected chi connectivity index (χ0v) is 16.1. The molecule has 0 saturated carbocycles. The fourth-order valence-corrected chi connectivity index (χ4v) is 4.00. The normalized spacial score (nSPS) is 11.2. The number of pyridine rings is 1. The molecule has 0 unspecified atom stereocenters. The number of rotatable bonds is 2. The lowest BCUT2D eigenvalue weighted by molar-refractivity contribution is 1.38. The number of hydrogen-bond acceptors (Lipinski definition) is 1. The largest absolute Gasteiger partial charge is 0.247 e. The summed E-state index contributed by atoms with van der Waals surface area (Å²) in [6.07, 6.45) is 0. The Morgan fingerprint density at radius 3 is 2.00 bits per heavy atom.